The van der Waals surface area contributed by atoms with Gasteiger partial charge in [-0.15, -0.1) is 0 Å². The zero-order chi connectivity index (χ0) is 13.6. The summed E-state index contributed by atoms with van der Waals surface area (Å²) >= 11 is 0. The van der Waals surface area contributed by atoms with E-state index in [1.165, 1.54) is 26.2 Å². The number of carbonyl (C=O) groups excluding carboxylic acids is 2. The van der Waals surface area contributed by atoms with Gasteiger partial charge < -0.3 is 9.47 Å². The molecule has 0 aromatic heterocycles. The Hall–Kier alpha value is -1.06. The first kappa shape index (κ1) is 16.9. The molecule has 0 aliphatic rings. The van der Waals surface area contributed by atoms with E-state index in [4.69, 9.17) is 9.47 Å². The molecule has 0 aromatic carbocycles. The van der Waals surface area contributed by atoms with Gasteiger partial charge in [0.1, 0.15) is 0 Å². The van der Waals surface area contributed by atoms with E-state index in [9.17, 15) is 9.59 Å². The quantitative estimate of drug-likeness (QED) is 0.422. The number of rotatable bonds is 11. The van der Waals surface area contributed by atoms with Gasteiger partial charge in [-0.3, -0.25) is 9.59 Å². The lowest BCUT2D eigenvalue weighted by molar-refractivity contribution is -0.145. The van der Waals surface area contributed by atoms with Crippen LogP contribution in [-0.4, -0.2) is 25.2 Å². The van der Waals surface area contributed by atoms with Gasteiger partial charge in [-0.25, -0.2) is 0 Å². The molecule has 0 atom stereocenters. The van der Waals surface area contributed by atoms with Gasteiger partial charge in [0.15, 0.2) is 0 Å². The van der Waals surface area contributed by atoms with Crippen molar-refractivity contribution in [1.29, 1.82) is 0 Å². The molecule has 0 fully saturated rings. The standard InChI is InChI=1S/C14H26O4/c1-3-4-5-6-7-10-14(16)18-12-9-8-11-17-13(2)15/h3-12H2,1-2H3. The molecule has 4 heteroatoms. The van der Waals surface area contributed by atoms with Gasteiger partial charge >= 0.3 is 11.9 Å². The Morgan fingerprint density at radius 3 is 2.06 bits per heavy atom. The fraction of sp³-hybridized carbons (Fsp3) is 0.857. The Morgan fingerprint density at radius 1 is 0.833 bits per heavy atom. The maximum Gasteiger partial charge on any atom is 0.305 e. The molecule has 0 radical (unpaired) electrons. The fourth-order valence-corrected chi connectivity index (χ4v) is 1.55. The molecule has 0 N–H and O–H groups in total. The summed E-state index contributed by atoms with van der Waals surface area (Å²) in [7, 11) is 0. The number of carbonyl (C=O) groups is 2. The van der Waals surface area contributed by atoms with E-state index in [0.29, 0.717) is 19.6 Å². The van der Waals surface area contributed by atoms with Crippen molar-refractivity contribution in [3.05, 3.63) is 0 Å². The lowest BCUT2D eigenvalue weighted by Gasteiger charge is -2.05. The third-order valence-corrected chi connectivity index (χ3v) is 2.59. The Bertz CT molecular complexity index is 226. The highest BCUT2D eigenvalue weighted by atomic mass is 16.5. The predicted molar refractivity (Wildman–Crippen MR) is 70.2 cm³/mol. The Labute approximate surface area is 110 Å². The van der Waals surface area contributed by atoms with E-state index in [1.54, 1.807) is 0 Å². The van der Waals surface area contributed by atoms with Crippen molar-refractivity contribution in [2.45, 2.75) is 65.2 Å². The SMILES string of the molecule is CCCCCCCC(=O)OCCCCOC(C)=O. The first-order valence-corrected chi connectivity index (χ1v) is 6.95. The molecule has 0 unspecified atom stereocenters. The molecule has 0 spiro atoms. The molecular formula is C14H26O4. The summed E-state index contributed by atoms with van der Waals surface area (Å²) in [6, 6.07) is 0. The third kappa shape index (κ3) is 13.0. The Kier molecular flexibility index (Phi) is 11.7. The van der Waals surface area contributed by atoms with Crippen molar-refractivity contribution in [2.24, 2.45) is 0 Å². The van der Waals surface area contributed by atoms with Crippen LogP contribution in [-0.2, 0) is 19.1 Å². The summed E-state index contributed by atoms with van der Waals surface area (Å²) in [6.45, 7) is 4.39. The zero-order valence-corrected chi connectivity index (χ0v) is 11.7. The highest BCUT2D eigenvalue weighted by Crippen LogP contribution is 2.06. The van der Waals surface area contributed by atoms with Crippen LogP contribution in [0.15, 0.2) is 0 Å². The average Bonchev–Trinajstić information content (AvgIpc) is 2.33. The van der Waals surface area contributed by atoms with Gasteiger partial charge in [-0.05, 0) is 19.3 Å². The van der Waals surface area contributed by atoms with Crippen molar-refractivity contribution < 1.29 is 19.1 Å². The number of ether oxygens (including phenoxy) is 2. The summed E-state index contributed by atoms with van der Waals surface area (Å²) in [5.74, 6) is -0.377. The van der Waals surface area contributed by atoms with Gasteiger partial charge in [0.2, 0.25) is 0 Å². The molecule has 0 amide bonds. The van der Waals surface area contributed by atoms with Crippen LogP contribution < -0.4 is 0 Å². The fourth-order valence-electron chi connectivity index (χ4n) is 1.55. The predicted octanol–water partition coefficient (Wildman–Crippen LogP) is 3.23. The maximum absolute atomic E-state index is 11.3. The second-order valence-corrected chi connectivity index (χ2v) is 4.43. The lowest BCUT2D eigenvalue weighted by Crippen LogP contribution is -2.07. The average molecular weight is 258 g/mol. The smallest absolute Gasteiger partial charge is 0.305 e. The van der Waals surface area contributed by atoms with Crippen molar-refractivity contribution in [1.82, 2.24) is 0 Å². The first-order valence-electron chi connectivity index (χ1n) is 6.95. The van der Waals surface area contributed by atoms with Crippen LogP contribution >= 0.6 is 0 Å². The molecule has 0 saturated heterocycles. The first-order chi connectivity index (χ1) is 8.66. The van der Waals surface area contributed by atoms with E-state index in [-0.39, 0.29) is 11.9 Å². The highest BCUT2D eigenvalue weighted by molar-refractivity contribution is 5.69. The molecule has 4 nitrogen and oxygen atoms in total. The van der Waals surface area contributed by atoms with Gasteiger partial charge in [0.05, 0.1) is 13.2 Å². The summed E-state index contributed by atoms with van der Waals surface area (Å²) in [5.41, 5.74) is 0. The Morgan fingerprint density at radius 2 is 1.44 bits per heavy atom. The number of esters is 2. The largest absolute Gasteiger partial charge is 0.466 e. The molecule has 106 valence electrons. The molecule has 0 aliphatic carbocycles. The summed E-state index contributed by atoms with van der Waals surface area (Å²) in [5, 5.41) is 0. The van der Waals surface area contributed by atoms with E-state index in [1.807, 2.05) is 0 Å². The van der Waals surface area contributed by atoms with Crippen molar-refractivity contribution in [3.8, 4) is 0 Å². The van der Waals surface area contributed by atoms with Crippen LogP contribution in [0.3, 0.4) is 0 Å². The molecule has 0 bridgehead atoms. The van der Waals surface area contributed by atoms with Crippen LogP contribution in [0.4, 0.5) is 0 Å². The van der Waals surface area contributed by atoms with Crippen molar-refractivity contribution in [3.63, 3.8) is 0 Å². The third-order valence-electron chi connectivity index (χ3n) is 2.59. The molecule has 0 saturated carbocycles. The number of unbranched alkanes of at least 4 members (excludes halogenated alkanes) is 5. The van der Waals surface area contributed by atoms with E-state index in [0.717, 1.165) is 25.7 Å². The van der Waals surface area contributed by atoms with Gasteiger partial charge in [0.25, 0.3) is 0 Å². The lowest BCUT2D eigenvalue weighted by atomic mass is 10.1. The normalized spacial score (nSPS) is 10.1. The highest BCUT2D eigenvalue weighted by Gasteiger charge is 2.02. The molecule has 0 aliphatic heterocycles. The van der Waals surface area contributed by atoms with Crippen molar-refractivity contribution in [2.75, 3.05) is 13.2 Å². The second-order valence-electron chi connectivity index (χ2n) is 4.43. The zero-order valence-electron chi connectivity index (χ0n) is 11.7. The van der Waals surface area contributed by atoms with Gasteiger partial charge in [-0.1, -0.05) is 32.6 Å². The maximum atomic E-state index is 11.3. The summed E-state index contributed by atoms with van der Waals surface area (Å²) < 4.78 is 9.85. The minimum absolute atomic E-state index is 0.112. The van der Waals surface area contributed by atoms with E-state index in [2.05, 4.69) is 6.92 Å². The molecule has 0 heterocycles. The minimum atomic E-state index is -0.265. The van der Waals surface area contributed by atoms with E-state index >= 15 is 0 Å². The van der Waals surface area contributed by atoms with Crippen LogP contribution in [0.25, 0.3) is 0 Å². The van der Waals surface area contributed by atoms with E-state index < -0.39 is 0 Å². The van der Waals surface area contributed by atoms with Crippen LogP contribution in [0.1, 0.15) is 65.2 Å². The molecule has 0 aromatic rings. The molecule has 18 heavy (non-hydrogen) atoms. The van der Waals surface area contributed by atoms with Gasteiger partial charge in [0, 0.05) is 13.3 Å². The molecule has 0 rings (SSSR count). The van der Waals surface area contributed by atoms with Crippen LogP contribution in [0, 0.1) is 0 Å². The Balaban J connectivity index is 3.19. The molecular weight excluding hydrogens is 232 g/mol. The summed E-state index contributed by atoms with van der Waals surface area (Å²) in [6.07, 6.45) is 7.69. The monoisotopic (exact) mass is 258 g/mol. The summed E-state index contributed by atoms with van der Waals surface area (Å²) in [4.78, 5) is 21.8. The number of hydrogen-bond donors (Lipinski definition) is 0. The topological polar surface area (TPSA) is 52.6 Å². The second kappa shape index (κ2) is 12.4. The minimum Gasteiger partial charge on any atom is -0.466 e. The van der Waals surface area contributed by atoms with Crippen LogP contribution in [0.2, 0.25) is 0 Å². The number of hydrogen-bond acceptors (Lipinski definition) is 4. The van der Waals surface area contributed by atoms with Crippen LogP contribution in [0.5, 0.6) is 0 Å². The van der Waals surface area contributed by atoms with Gasteiger partial charge in [-0.2, -0.15) is 0 Å². The van der Waals surface area contributed by atoms with Crippen molar-refractivity contribution >= 4 is 11.9 Å².